The fourth-order valence-electron chi connectivity index (χ4n) is 3.85. The van der Waals surface area contributed by atoms with Crippen LogP contribution in [-0.2, 0) is 4.79 Å². The van der Waals surface area contributed by atoms with E-state index in [9.17, 15) is 4.79 Å². The first-order chi connectivity index (χ1) is 6.58. The Morgan fingerprint density at radius 1 is 1.21 bits per heavy atom. The minimum Gasteiger partial charge on any atom is -0.298 e. The average Bonchev–Trinajstić information content (AvgIpc) is 2.12. The van der Waals surface area contributed by atoms with Crippen LogP contribution in [0.5, 0.6) is 0 Å². The first-order valence-corrected chi connectivity index (χ1v) is 5.58. The summed E-state index contributed by atoms with van der Waals surface area (Å²) in [5, 5.41) is 0. The van der Waals surface area contributed by atoms with E-state index in [1.165, 1.54) is 0 Å². The van der Waals surface area contributed by atoms with E-state index in [1.807, 2.05) is 0 Å². The minimum atomic E-state index is -0.0647. The van der Waals surface area contributed by atoms with Gasteiger partial charge in [0.1, 0.15) is 5.78 Å². The van der Waals surface area contributed by atoms with E-state index in [-0.39, 0.29) is 10.8 Å². The van der Waals surface area contributed by atoms with Crippen LogP contribution in [0.25, 0.3) is 0 Å². The second-order valence-electron chi connectivity index (χ2n) is 5.64. The molecule has 0 amide bonds. The molecule has 4 rings (SSSR count). The maximum absolute atomic E-state index is 12.4. The van der Waals surface area contributed by atoms with Gasteiger partial charge in [-0.15, -0.1) is 0 Å². The van der Waals surface area contributed by atoms with Gasteiger partial charge in [-0.1, -0.05) is 13.8 Å². The van der Waals surface area contributed by atoms with Gasteiger partial charge in [-0.2, -0.15) is 0 Å². The molecule has 0 aliphatic carbocycles. The Labute approximate surface area is 85.1 Å². The SMILES string of the molecule is CCC12CN3CN(CC(C)(C3)C1=O)C2. The summed E-state index contributed by atoms with van der Waals surface area (Å²) in [5.41, 5.74) is -0.0890. The zero-order chi connectivity index (χ0) is 9.97. The number of carbonyl (C=O) groups is 1. The maximum Gasteiger partial charge on any atom is 0.150 e. The molecule has 4 bridgehead atoms. The lowest BCUT2D eigenvalue weighted by atomic mass is 9.61. The number of ketones is 1. The molecule has 0 N–H and O–H groups in total. The minimum absolute atomic E-state index is 0.0243. The van der Waals surface area contributed by atoms with E-state index >= 15 is 0 Å². The largest absolute Gasteiger partial charge is 0.298 e. The number of rotatable bonds is 1. The molecule has 4 aliphatic rings. The smallest absolute Gasteiger partial charge is 0.150 e. The molecule has 0 aromatic carbocycles. The van der Waals surface area contributed by atoms with Crippen molar-refractivity contribution in [1.82, 2.24) is 9.80 Å². The molecule has 4 fully saturated rings. The first kappa shape index (κ1) is 8.86. The quantitative estimate of drug-likeness (QED) is 0.609. The maximum atomic E-state index is 12.4. The molecule has 2 unspecified atom stereocenters. The number of carbonyl (C=O) groups excluding carboxylic acids is 1. The van der Waals surface area contributed by atoms with Crippen LogP contribution in [0.1, 0.15) is 20.3 Å². The van der Waals surface area contributed by atoms with Gasteiger partial charge in [0, 0.05) is 26.2 Å². The number of nitrogens with zero attached hydrogens (tertiary/aromatic N) is 2. The molecule has 3 heteroatoms. The Balaban J connectivity index is 2.06. The topological polar surface area (TPSA) is 23.6 Å². The van der Waals surface area contributed by atoms with Crippen LogP contribution >= 0.6 is 0 Å². The Morgan fingerprint density at radius 2 is 1.79 bits per heavy atom. The summed E-state index contributed by atoms with van der Waals surface area (Å²) in [6.07, 6.45) is 1.01. The van der Waals surface area contributed by atoms with Crippen molar-refractivity contribution >= 4 is 5.78 Å². The van der Waals surface area contributed by atoms with Crippen LogP contribution in [0.2, 0.25) is 0 Å². The van der Waals surface area contributed by atoms with Crippen molar-refractivity contribution in [3.8, 4) is 0 Å². The van der Waals surface area contributed by atoms with Gasteiger partial charge in [-0.25, -0.2) is 0 Å². The normalized spacial score (nSPS) is 55.4. The summed E-state index contributed by atoms with van der Waals surface area (Å²) in [6, 6.07) is 0. The van der Waals surface area contributed by atoms with Crippen molar-refractivity contribution in [1.29, 1.82) is 0 Å². The second-order valence-corrected chi connectivity index (χ2v) is 5.64. The van der Waals surface area contributed by atoms with Crippen LogP contribution in [0.3, 0.4) is 0 Å². The summed E-state index contributed by atoms with van der Waals surface area (Å²) in [7, 11) is 0. The van der Waals surface area contributed by atoms with Crippen molar-refractivity contribution in [2.75, 3.05) is 32.8 Å². The van der Waals surface area contributed by atoms with Gasteiger partial charge in [0.2, 0.25) is 0 Å². The van der Waals surface area contributed by atoms with Crippen molar-refractivity contribution < 1.29 is 4.79 Å². The predicted molar refractivity (Wildman–Crippen MR) is 53.9 cm³/mol. The van der Waals surface area contributed by atoms with Crippen LogP contribution < -0.4 is 0 Å². The third-order valence-electron chi connectivity index (χ3n) is 4.30. The Morgan fingerprint density at radius 3 is 2.29 bits per heavy atom. The van der Waals surface area contributed by atoms with Crippen LogP contribution in [0.15, 0.2) is 0 Å². The Hall–Kier alpha value is -0.410. The van der Waals surface area contributed by atoms with Gasteiger partial charge < -0.3 is 0 Å². The lowest BCUT2D eigenvalue weighted by molar-refractivity contribution is -0.181. The molecule has 4 aliphatic heterocycles. The molecule has 3 nitrogen and oxygen atoms in total. The number of Topliss-reactive ketones (excluding diaryl/α,β-unsaturated/α-hetero) is 1. The summed E-state index contributed by atoms with van der Waals surface area (Å²) >= 11 is 0. The zero-order valence-electron chi connectivity index (χ0n) is 9.05. The highest BCUT2D eigenvalue weighted by molar-refractivity contribution is 5.93. The highest BCUT2D eigenvalue weighted by atomic mass is 16.1. The van der Waals surface area contributed by atoms with E-state index in [4.69, 9.17) is 0 Å². The summed E-state index contributed by atoms with van der Waals surface area (Å²) in [5.74, 6) is 0.541. The van der Waals surface area contributed by atoms with E-state index in [1.54, 1.807) is 0 Å². The van der Waals surface area contributed by atoms with Gasteiger partial charge in [-0.3, -0.25) is 14.6 Å². The third kappa shape index (κ3) is 0.873. The third-order valence-corrected chi connectivity index (χ3v) is 4.30. The second kappa shape index (κ2) is 2.39. The summed E-state index contributed by atoms with van der Waals surface area (Å²) < 4.78 is 0. The van der Waals surface area contributed by atoms with E-state index in [0.717, 1.165) is 39.3 Å². The van der Waals surface area contributed by atoms with E-state index in [2.05, 4.69) is 23.6 Å². The van der Waals surface area contributed by atoms with E-state index in [0.29, 0.717) is 5.78 Å². The molecule has 2 atom stereocenters. The molecule has 14 heavy (non-hydrogen) atoms. The monoisotopic (exact) mass is 194 g/mol. The van der Waals surface area contributed by atoms with Gasteiger partial charge >= 0.3 is 0 Å². The van der Waals surface area contributed by atoms with Gasteiger partial charge in [0.15, 0.2) is 0 Å². The van der Waals surface area contributed by atoms with Crippen molar-refractivity contribution in [2.24, 2.45) is 10.8 Å². The molecule has 78 valence electrons. The lowest BCUT2D eigenvalue weighted by Gasteiger charge is -2.62. The van der Waals surface area contributed by atoms with Gasteiger partial charge in [0.25, 0.3) is 0 Å². The van der Waals surface area contributed by atoms with Crippen LogP contribution in [-0.4, -0.2) is 48.4 Å². The fraction of sp³-hybridized carbons (Fsp3) is 0.909. The predicted octanol–water partition coefficient (Wildman–Crippen LogP) is 0.560. The molecular formula is C11H18N2O. The number of hydrogen-bond donors (Lipinski definition) is 0. The Kier molecular flexibility index (Phi) is 1.51. The highest BCUT2D eigenvalue weighted by Gasteiger charge is 2.60. The number of piperidine rings is 2. The highest BCUT2D eigenvalue weighted by Crippen LogP contribution is 2.47. The summed E-state index contributed by atoms with van der Waals surface area (Å²) in [4.78, 5) is 17.3. The molecule has 0 aromatic heterocycles. The van der Waals surface area contributed by atoms with Crippen molar-refractivity contribution in [3.05, 3.63) is 0 Å². The van der Waals surface area contributed by atoms with Gasteiger partial charge in [-0.05, 0) is 6.42 Å². The standard InChI is InChI=1S/C11H18N2O/c1-3-11-6-12-4-10(2,9(11)14)5-13(7-11)8-12/h3-8H2,1-2H3. The molecule has 4 heterocycles. The van der Waals surface area contributed by atoms with Gasteiger partial charge in [0.05, 0.1) is 17.5 Å². The number of hydrogen-bond acceptors (Lipinski definition) is 3. The molecule has 0 radical (unpaired) electrons. The molecule has 0 spiro atoms. The Bertz CT molecular complexity index is 286. The van der Waals surface area contributed by atoms with Crippen molar-refractivity contribution in [3.63, 3.8) is 0 Å². The van der Waals surface area contributed by atoms with E-state index < -0.39 is 0 Å². The van der Waals surface area contributed by atoms with Crippen LogP contribution in [0, 0.1) is 10.8 Å². The molecule has 0 saturated carbocycles. The lowest BCUT2D eigenvalue weighted by Crippen LogP contribution is -2.75. The molecular weight excluding hydrogens is 176 g/mol. The first-order valence-electron chi connectivity index (χ1n) is 5.58. The summed E-state index contributed by atoms with van der Waals surface area (Å²) in [6.45, 7) is 9.40. The van der Waals surface area contributed by atoms with Crippen LogP contribution in [0.4, 0.5) is 0 Å². The average molecular weight is 194 g/mol. The molecule has 4 saturated heterocycles. The zero-order valence-corrected chi connectivity index (χ0v) is 9.05. The fourth-order valence-corrected chi connectivity index (χ4v) is 3.85. The molecule has 0 aromatic rings. The van der Waals surface area contributed by atoms with Crippen molar-refractivity contribution in [2.45, 2.75) is 20.3 Å².